The molecule has 0 atom stereocenters. The number of amides is 1. The van der Waals surface area contributed by atoms with E-state index in [1.165, 1.54) is 23.8 Å². The van der Waals surface area contributed by atoms with Gasteiger partial charge in [0, 0.05) is 23.0 Å². The van der Waals surface area contributed by atoms with Gasteiger partial charge >= 0.3 is 0 Å². The smallest absolute Gasteiger partial charge is 0.270 e. The third-order valence-corrected chi connectivity index (χ3v) is 4.46. The van der Waals surface area contributed by atoms with Gasteiger partial charge in [-0.3, -0.25) is 14.9 Å². The second-order valence-corrected chi connectivity index (χ2v) is 7.00. The van der Waals surface area contributed by atoms with Crippen molar-refractivity contribution in [3.63, 3.8) is 0 Å². The first-order valence-corrected chi connectivity index (χ1v) is 9.12. The Morgan fingerprint density at radius 2 is 1.92 bits per heavy atom. The van der Waals surface area contributed by atoms with Gasteiger partial charge in [0.05, 0.1) is 17.2 Å². The number of benzene rings is 2. The van der Waals surface area contributed by atoms with E-state index in [-0.39, 0.29) is 11.6 Å². The van der Waals surface area contributed by atoms with Crippen LogP contribution in [0.2, 0.25) is 0 Å². The number of nitrogens with zero attached hydrogens (tertiary/aromatic N) is 1. The molecule has 0 unspecified atom stereocenters. The summed E-state index contributed by atoms with van der Waals surface area (Å²) in [7, 11) is 0. The molecule has 0 aromatic heterocycles. The minimum absolute atomic E-state index is 0.0354. The fourth-order valence-corrected chi connectivity index (χ4v) is 2.77. The van der Waals surface area contributed by atoms with Crippen LogP contribution in [0.3, 0.4) is 0 Å². The lowest BCUT2D eigenvalue weighted by molar-refractivity contribution is -0.384. The Morgan fingerprint density at radius 1 is 1.23 bits per heavy atom. The highest BCUT2D eigenvalue weighted by atomic mass is 79.9. The fraction of sp³-hybridized carbons (Fsp3) is 0.316. The van der Waals surface area contributed by atoms with Gasteiger partial charge in [-0.25, -0.2) is 0 Å². The molecule has 0 aliphatic rings. The first-order valence-electron chi connectivity index (χ1n) is 8.33. The van der Waals surface area contributed by atoms with Crippen LogP contribution in [-0.2, 0) is 4.79 Å². The topological polar surface area (TPSA) is 81.5 Å². The molecule has 2 rings (SSSR count). The van der Waals surface area contributed by atoms with E-state index in [4.69, 9.17) is 4.74 Å². The van der Waals surface area contributed by atoms with Crippen LogP contribution < -0.4 is 10.1 Å². The number of hydrogen-bond acceptors (Lipinski definition) is 4. The van der Waals surface area contributed by atoms with Crippen molar-refractivity contribution >= 4 is 33.2 Å². The molecule has 1 amide bonds. The summed E-state index contributed by atoms with van der Waals surface area (Å²) >= 11 is 3.23. The molecule has 0 aliphatic heterocycles. The van der Waals surface area contributed by atoms with E-state index in [2.05, 4.69) is 35.1 Å². The summed E-state index contributed by atoms with van der Waals surface area (Å²) in [6.45, 7) is 4.71. The number of anilines is 1. The molecule has 0 bridgehead atoms. The highest BCUT2D eigenvalue weighted by Gasteiger charge is 2.11. The molecule has 2 aromatic carbocycles. The number of carbonyl (C=O) groups excluding carboxylic acids is 1. The molecule has 0 aliphatic carbocycles. The Labute approximate surface area is 160 Å². The van der Waals surface area contributed by atoms with Gasteiger partial charge in [0.25, 0.3) is 5.69 Å². The zero-order valence-electron chi connectivity index (χ0n) is 14.7. The van der Waals surface area contributed by atoms with Gasteiger partial charge in [0.15, 0.2) is 0 Å². The molecule has 0 saturated carbocycles. The van der Waals surface area contributed by atoms with Crippen molar-refractivity contribution in [2.24, 2.45) is 0 Å². The average Bonchev–Trinajstić information content (AvgIpc) is 2.60. The highest BCUT2D eigenvalue weighted by Crippen LogP contribution is 2.27. The molecule has 138 valence electrons. The zero-order chi connectivity index (χ0) is 19.1. The van der Waals surface area contributed by atoms with Crippen molar-refractivity contribution < 1.29 is 14.5 Å². The summed E-state index contributed by atoms with van der Waals surface area (Å²) in [4.78, 5) is 22.2. The van der Waals surface area contributed by atoms with Crippen molar-refractivity contribution in [1.82, 2.24) is 0 Å². The highest BCUT2D eigenvalue weighted by molar-refractivity contribution is 9.10. The second kappa shape index (κ2) is 9.33. The van der Waals surface area contributed by atoms with Crippen molar-refractivity contribution in [2.45, 2.75) is 32.6 Å². The maximum absolute atomic E-state index is 12.0. The van der Waals surface area contributed by atoms with Crippen LogP contribution in [0.5, 0.6) is 5.75 Å². The van der Waals surface area contributed by atoms with E-state index in [1.807, 2.05) is 24.3 Å². The van der Waals surface area contributed by atoms with E-state index in [0.29, 0.717) is 35.5 Å². The Hall–Kier alpha value is -2.41. The molecule has 6 nitrogen and oxygen atoms in total. The van der Waals surface area contributed by atoms with Crippen LogP contribution >= 0.6 is 15.9 Å². The van der Waals surface area contributed by atoms with Crippen LogP contribution in [0.1, 0.15) is 38.2 Å². The summed E-state index contributed by atoms with van der Waals surface area (Å²) in [5.41, 5.74) is 1.72. The normalized spacial score (nSPS) is 10.6. The van der Waals surface area contributed by atoms with Crippen molar-refractivity contribution in [3.8, 4) is 5.75 Å². The molecule has 7 heteroatoms. The third-order valence-electron chi connectivity index (χ3n) is 3.80. The number of nitro groups is 1. The summed E-state index contributed by atoms with van der Waals surface area (Å²) in [6, 6.07) is 12.2. The van der Waals surface area contributed by atoms with Crippen LogP contribution in [-0.4, -0.2) is 17.4 Å². The number of non-ortho nitro benzene ring substituents is 1. The number of halogens is 1. The molecule has 0 heterocycles. The number of rotatable bonds is 8. The van der Waals surface area contributed by atoms with Gasteiger partial charge in [0.1, 0.15) is 5.75 Å². The monoisotopic (exact) mass is 420 g/mol. The predicted octanol–water partition coefficient (Wildman–Crippen LogP) is 5.28. The molecule has 1 N–H and O–H groups in total. The zero-order valence-corrected chi connectivity index (χ0v) is 16.3. The van der Waals surface area contributed by atoms with E-state index in [1.54, 1.807) is 0 Å². The molecule has 0 saturated heterocycles. The van der Waals surface area contributed by atoms with Crippen LogP contribution in [0.25, 0.3) is 0 Å². The van der Waals surface area contributed by atoms with Gasteiger partial charge in [0.2, 0.25) is 5.91 Å². The van der Waals surface area contributed by atoms with Gasteiger partial charge in [-0.15, -0.1) is 0 Å². The Morgan fingerprint density at radius 3 is 2.50 bits per heavy atom. The summed E-state index contributed by atoms with van der Waals surface area (Å²) < 4.78 is 6.12. The van der Waals surface area contributed by atoms with Crippen molar-refractivity contribution in [1.29, 1.82) is 0 Å². The minimum Gasteiger partial charge on any atom is -0.494 e. The lowest BCUT2D eigenvalue weighted by Gasteiger charge is -2.10. The van der Waals surface area contributed by atoms with Gasteiger partial charge in [-0.1, -0.05) is 26.0 Å². The molecule has 26 heavy (non-hydrogen) atoms. The van der Waals surface area contributed by atoms with E-state index < -0.39 is 4.92 Å². The maximum atomic E-state index is 12.0. The third kappa shape index (κ3) is 5.84. The Bertz CT molecular complexity index is 776. The van der Waals surface area contributed by atoms with Gasteiger partial charge in [-0.05, 0) is 52.0 Å². The minimum atomic E-state index is -0.485. The van der Waals surface area contributed by atoms with Crippen LogP contribution in [0.15, 0.2) is 46.9 Å². The molecule has 0 spiro atoms. The molecule has 0 radical (unpaired) electrons. The van der Waals surface area contributed by atoms with Crippen LogP contribution in [0.4, 0.5) is 11.4 Å². The Kier molecular flexibility index (Phi) is 7.15. The van der Waals surface area contributed by atoms with E-state index in [9.17, 15) is 14.9 Å². The van der Waals surface area contributed by atoms with Gasteiger partial charge in [-0.2, -0.15) is 0 Å². The quantitative estimate of drug-likeness (QED) is 0.357. The number of ether oxygens (including phenoxy) is 1. The second-order valence-electron chi connectivity index (χ2n) is 6.15. The van der Waals surface area contributed by atoms with Crippen molar-refractivity contribution in [3.05, 3.63) is 62.6 Å². The largest absolute Gasteiger partial charge is 0.494 e. The molecular formula is C19H21BrN2O4. The number of nitrogens with one attached hydrogen (secondary N) is 1. The van der Waals surface area contributed by atoms with E-state index in [0.717, 1.165) is 5.75 Å². The van der Waals surface area contributed by atoms with Gasteiger partial charge < -0.3 is 10.1 Å². The maximum Gasteiger partial charge on any atom is 0.270 e. The first-order chi connectivity index (χ1) is 12.4. The first kappa shape index (κ1) is 19.9. The fourth-order valence-electron chi connectivity index (χ4n) is 2.30. The predicted molar refractivity (Wildman–Crippen MR) is 105 cm³/mol. The standard InChI is InChI=1S/C19H21BrN2O4/c1-13(2)14-5-8-16(9-6-14)26-11-3-4-19(23)21-18-10-7-15(22(24)25)12-17(18)20/h5-10,12-13H,3-4,11H2,1-2H3,(H,21,23). The van der Waals surface area contributed by atoms with E-state index >= 15 is 0 Å². The number of nitro benzene ring substituents is 1. The van der Waals surface area contributed by atoms with Crippen molar-refractivity contribution in [2.75, 3.05) is 11.9 Å². The SMILES string of the molecule is CC(C)c1ccc(OCCCC(=O)Nc2ccc([N+](=O)[O-])cc2Br)cc1. The van der Waals surface area contributed by atoms with Crippen LogP contribution in [0, 0.1) is 10.1 Å². The average molecular weight is 421 g/mol. The summed E-state index contributed by atoms with van der Waals surface area (Å²) in [5, 5.41) is 13.4. The molecule has 0 fully saturated rings. The molecule has 2 aromatic rings. The summed E-state index contributed by atoms with van der Waals surface area (Å²) in [6.07, 6.45) is 0.871. The number of hydrogen-bond donors (Lipinski definition) is 1. The lowest BCUT2D eigenvalue weighted by Crippen LogP contribution is -2.13. The number of carbonyl (C=O) groups is 1. The molecular weight excluding hydrogens is 400 g/mol. The summed E-state index contributed by atoms with van der Waals surface area (Å²) in [5.74, 6) is 1.10. The Balaban J connectivity index is 1.76. The lowest BCUT2D eigenvalue weighted by atomic mass is 10.0.